The maximum Gasteiger partial charge on any atom is 0.326 e. The highest BCUT2D eigenvalue weighted by Crippen LogP contribution is 2.34. The molecule has 22 heteroatoms. The third-order valence-corrected chi connectivity index (χ3v) is 10.6. The number of hydrogen-bond acceptors (Lipinski definition) is 15. The lowest BCUT2D eigenvalue weighted by Gasteiger charge is -2.18. The normalized spacial score (nSPS) is 16.6. The van der Waals surface area contributed by atoms with Crippen molar-refractivity contribution in [2.75, 3.05) is 41.0 Å². The molecule has 0 unspecified atom stereocenters. The molecule has 3 amide bonds. The number of aromatic amines is 1. The summed E-state index contributed by atoms with van der Waals surface area (Å²) in [6, 6.07) is 17.9. The fourth-order valence-corrected chi connectivity index (χ4v) is 7.56. The first-order valence-electron chi connectivity index (χ1n) is 20.2. The van der Waals surface area contributed by atoms with Crippen LogP contribution < -0.4 is 26.6 Å². The molecule has 1 fully saturated rings. The monoisotopic (exact) mass is 853 g/mol. The fraction of sp³-hybridized carbons (Fsp3) is 0.268. The van der Waals surface area contributed by atoms with E-state index in [0.717, 1.165) is 12.0 Å². The highest BCUT2D eigenvalue weighted by Gasteiger charge is 2.36. The van der Waals surface area contributed by atoms with E-state index >= 15 is 0 Å². The van der Waals surface area contributed by atoms with Crippen LogP contribution >= 0.6 is 0 Å². The summed E-state index contributed by atoms with van der Waals surface area (Å²) >= 11 is 0. The Bertz CT molecular complexity index is 2840. The summed E-state index contributed by atoms with van der Waals surface area (Å²) in [5, 5.41) is 45.2. The van der Waals surface area contributed by atoms with Crippen molar-refractivity contribution in [3.8, 4) is 11.9 Å². The molecule has 63 heavy (non-hydrogen) atoms. The number of carbonyl (C=O) groups is 2. The highest BCUT2D eigenvalue weighted by atomic mass is 16.3. The molecule has 0 radical (unpaired) electrons. The van der Waals surface area contributed by atoms with E-state index in [1.54, 1.807) is 23.4 Å². The summed E-state index contributed by atoms with van der Waals surface area (Å²) in [6.07, 6.45) is 10.3. The van der Waals surface area contributed by atoms with Crippen molar-refractivity contribution < 1.29 is 24.9 Å². The molecule has 0 bridgehead atoms. The Balaban J connectivity index is 0.919. The summed E-state index contributed by atoms with van der Waals surface area (Å²) in [5.74, 6) is 1.21. The highest BCUT2D eigenvalue weighted by molar-refractivity contribution is 5.98. The molecule has 4 atom stereocenters. The standard InChI is InChI=1S/C41H43N17O5/c59-18-26(13-25-9-5-2-6-10-25)48-37-34-38(58(23-47-34)27-14-28(29(61)15-27)49-32(62)19-60)55-40(54-37)57-17-31(46-22-57)51-41(63)50-30-16-56(21-45-30)39-52-35(33-36(53-39)44-20-43-33)42-12-11-24-7-3-1-4-8-24/h1-10,16-17,20-23,26-29,59-61H,11-15,18-19H2,(H,49,62)(H,48,54,55)(H2,50,51,63)(H2,42,43,44,52,53)/t26-,27+,28-,29-/m0/s1. The lowest BCUT2D eigenvalue weighted by Crippen LogP contribution is -2.41. The van der Waals surface area contributed by atoms with E-state index in [9.17, 15) is 24.9 Å². The number of H-pyrrole nitrogens is 1. The van der Waals surface area contributed by atoms with E-state index < -0.39 is 36.7 Å². The number of nitrogens with zero attached hydrogens (tertiary/aromatic N) is 11. The van der Waals surface area contributed by atoms with Crippen LogP contribution in [0.5, 0.6) is 0 Å². The Hall–Kier alpha value is -7.82. The summed E-state index contributed by atoms with van der Waals surface area (Å²) < 4.78 is 4.91. The van der Waals surface area contributed by atoms with Gasteiger partial charge in [-0.15, -0.1) is 0 Å². The number of imidazole rings is 4. The van der Waals surface area contributed by atoms with Crippen LogP contribution in [0.2, 0.25) is 0 Å². The lowest BCUT2D eigenvalue weighted by molar-refractivity contribution is -0.125. The zero-order valence-corrected chi connectivity index (χ0v) is 33.6. The average molecular weight is 854 g/mol. The second-order valence-electron chi connectivity index (χ2n) is 15.0. The van der Waals surface area contributed by atoms with E-state index in [0.29, 0.717) is 65.7 Å². The number of benzene rings is 2. The van der Waals surface area contributed by atoms with Crippen LogP contribution in [-0.2, 0) is 17.6 Å². The van der Waals surface area contributed by atoms with Gasteiger partial charge in [-0.25, -0.2) is 24.7 Å². The molecular weight excluding hydrogens is 811 g/mol. The maximum atomic E-state index is 13.2. The molecule has 8 aromatic rings. The van der Waals surface area contributed by atoms with Crippen LogP contribution in [0.3, 0.4) is 0 Å². The first-order valence-corrected chi connectivity index (χ1v) is 20.2. The van der Waals surface area contributed by atoms with Gasteiger partial charge < -0.3 is 40.8 Å². The number of aliphatic hydroxyl groups is 3. The van der Waals surface area contributed by atoms with Gasteiger partial charge in [-0.05, 0) is 36.8 Å². The summed E-state index contributed by atoms with van der Waals surface area (Å²) in [6.45, 7) is -0.265. The number of aliphatic hydroxyl groups excluding tert-OH is 3. The van der Waals surface area contributed by atoms with Gasteiger partial charge in [-0.2, -0.15) is 19.9 Å². The predicted octanol–water partition coefficient (Wildman–Crippen LogP) is 2.35. The number of anilines is 4. The number of amides is 3. The number of urea groups is 1. The second kappa shape index (κ2) is 18.0. The van der Waals surface area contributed by atoms with Crippen LogP contribution in [-0.4, -0.2) is 124 Å². The Kier molecular flexibility index (Phi) is 11.6. The minimum absolute atomic E-state index is 0.175. The third kappa shape index (κ3) is 9.12. The van der Waals surface area contributed by atoms with Gasteiger partial charge >= 0.3 is 6.03 Å². The van der Waals surface area contributed by atoms with Crippen LogP contribution in [0.4, 0.5) is 28.1 Å². The minimum atomic E-state index is -0.862. The van der Waals surface area contributed by atoms with Gasteiger partial charge in [0.2, 0.25) is 17.8 Å². The zero-order chi connectivity index (χ0) is 43.3. The van der Waals surface area contributed by atoms with Crippen LogP contribution in [0.1, 0.15) is 30.0 Å². The Morgan fingerprint density at radius 3 is 2.17 bits per heavy atom. The maximum absolute atomic E-state index is 13.2. The molecule has 1 aliphatic rings. The van der Waals surface area contributed by atoms with Crippen molar-refractivity contribution >= 4 is 57.5 Å². The number of hydrogen-bond donors (Lipinski definition) is 9. The number of carbonyl (C=O) groups excluding carboxylic acids is 2. The van der Waals surface area contributed by atoms with Crippen molar-refractivity contribution in [2.45, 2.75) is 49.9 Å². The van der Waals surface area contributed by atoms with Gasteiger partial charge in [-0.3, -0.25) is 24.6 Å². The first kappa shape index (κ1) is 40.6. The van der Waals surface area contributed by atoms with Gasteiger partial charge in [0.05, 0.1) is 49.8 Å². The van der Waals surface area contributed by atoms with Crippen molar-refractivity contribution in [2.24, 2.45) is 0 Å². The van der Waals surface area contributed by atoms with Gasteiger partial charge in [0, 0.05) is 12.6 Å². The molecule has 1 saturated carbocycles. The van der Waals surface area contributed by atoms with Gasteiger partial charge in [0.15, 0.2) is 40.1 Å². The predicted molar refractivity (Wildman–Crippen MR) is 230 cm³/mol. The summed E-state index contributed by atoms with van der Waals surface area (Å²) in [7, 11) is 0. The SMILES string of the molecule is O=C(CO)N[C@H]1C[C@@H](n2cnc3c(N[C@H](CO)Cc4ccccc4)nc(-n4cnc(NC(=O)Nc5cn(-c6nc(NCCc7ccccc7)c7[nH]cnc7n6)cn5)c4)nc32)C[C@@H]1O. The van der Waals surface area contributed by atoms with Crippen LogP contribution in [0.15, 0.2) is 98.4 Å². The minimum Gasteiger partial charge on any atom is -0.394 e. The molecule has 1 aliphatic carbocycles. The Morgan fingerprint density at radius 2 is 1.48 bits per heavy atom. The van der Waals surface area contributed by atoms with E-state index in [1.807, 2.05) is 53.1 Å². The molecule has 0 saturated heterocycles. The third-order valence-electron chi connectivity index (χ3n) is 10.6. The van der Waals surface area contributed by atoms with Crippen molar-refractivity contribution in [3.63, 3.8) is 0 Å². The van der Waals surface area contributed by atoms with Crippen LogP contribution in [0.25, 0.3) is 34.2 Å². The molecule has 0 spiro atoms. The summed E-state index contributed by atoms with van der Waals surface area (Å²) in [4.78, 5) is 64.8. The molecule has 0 aliphatic heterocycles. The topological polar surface area (TPSA) is 289 Å². The molecule has 9 rings (SSSR count). The molecule has 6 aromatic heterocycles. The van der Waals surface area contributed by atoms with Gasteiger partial charge in [0.25, 0.3) is 0 Å². The number of aromatic nitrogens is 12. The first-order chi connectivity index (χ1) is 30.8. The number of nitrogens with one attached hydrogen (secondary N) is 6. The second-order valence-corrected chi connectivity index (χ2v) is 15.0. The van der Waals surface area contributed by atoms with Crippen LogP contribution in [0, 0.1) is 0 Å². The van der Waals surface area contributed by atoms with Gasteiger partial charge in [0.1, 0.15) is 24.8 Å². The Morgan fingerprint density at radius 1 is 0.794 bits per heavy atom. The Labute approximate surface area is 357 Å². The van der Waals surface area contributed by atoms with Crippen molar-refractivity contribution in [1.29, 1.82) is 0 Å². The lowest BCUT2D eigenvalue weighted by atomic mass is 10.1. The largest absolute Gasteiger partial charge is 0.394 e. The van der Waals surface area contributed by atoms with E-state index in [4.69, 9.17) is 15.0 Å². The molecule has 6 heterocycles. The fourth-order valence-electron chi connectivity index (χ4n) is 7.56. The average Bonchev–Trinajstić information content (AvgIpc) is 4.16. The zero-order valence-electron chi connectivity index (χ0n) is 33.6. The molecular formula is C41H43N17O5. The van der Waals surface area contributed by atoms with Crippen molar-refractivity contribution in [1.82, 2.24) is 63.9 Å². The smallest absolute Gasteiger partial charge is 0.326 e. The van der Waals surface area contributed by atoms with E-state index in [-0.39, 0.29) is 30.2 Å². The quantitative estimate of drug-likeness (QED) is 0.0675. The van der Waals surface area contributed by atoms with E-state index in [1.165, 1.54) is 29.0 Å². The van der Waals surface area contributed by atoms with E-state index in [2.05, 4.69) is 68.6 Å². The molecule has 9 N–H and O–H groups in total. The molecule has 322 valence electrons. The molecule has 22 nitrogen and oxygen atoms in total. The van der Waals surface area contributed by atoms with Gasteiger partial charge in [-0.1, -0.05) is 60.7 Å². The van der Waals surface area contributed by atoms with Crippen molar-refractivity contribution in [3.05, 3.63) is 109 Å². The molecule has 2 aromatic carbocycles. The number of rotatable bonds is 16. The summed E-state index contributed by atoms with van der Waals surface area (Å²) in [5.41, 5.74) is 4.17. The number of fused-ring (bicyclic) bond motifs is 2.